The van der Waals surface area contributed by atoms with Crippen molar-refractivity contribution in [3.63, 3.8) is 0 Å². The molecule has 1 amide bonds. The molecule has 0 bridgehead atoms. The number of nitrogens with one attached hydrogen (secondary N) is 1. The molecule has 1 saturated heterocycles. The van der Waals surface area contributed by atoms with Crippen molar-refractivity contribution in [2.75, 3.05) is 13.2 Å². The summed E-state index contributed by atoms with van der Waals surface area (Å²) in [7, 11) is 0. The van der Waals surface area contributed by atoms with Gasteiger partial charge in [0, 0.05) is 6.42 Å². The molecule has 7 atom stereocenters. The van der Waals surface area contributed by atoms with Crippen LogP contribution >= 0.6 is 0 Å². The number of aliphatic hydroxyl groups is 5. The van der Waals surface area contributed by atoms with Crippen LogP contribution in [0.4, 0.5) is 0 Å². The number of allylic oxidation sites excluding steroid dienone is 3. The third-order valence-electron chi connectivity index (χ3n) is 12.3. The first-order valence-electron chi connectivity index (χ1n) is 25.6. The van der Waals surface area contributed by atoms with Crippen LogP contribution in [0.5, 0.6) is 0 Å². The lowest BCUT2D eigenvalue weighted by atomic mass is 9.99. The zero-order valence-electron chi connectivity index (χ0n) is 39.0. The second-order valence-corrected chi connectivity index (χ2v) is 18.0. The van der Waals surface area contributed by atoms with Gasteiger partial charge in [0.2, 0.25) is 5.91 Å². The molecule has 0 saturated carbocycles. The highest BCUT2D eigenvalue weighted by Crippen LogP contribution is 2.23. The van der Waals surface area contributed by atoms with Gasteiger partial charge in [0.1, 0.15) is 24.4 Å². The fourth-order valence-corrected chi connectivity index (χ4v) is 8.15. The molecular weight excluding hydrogens is 755 g/mol. The Morgan fingerprint density at radius 3 is 1.35 bits per heavy atom. The molecule has 6 N–H and O–H groups in total. The number of carbonyl (C=O) groups is 1. The van der Waals surface area contributed by atoms with Gasteiger partial charge in [-0.2, -0.15) is 0 Å². The minimum absolute atomic E-state index is 0.177. The van der Waals surface area contributed by atoms with E-state index in [1.54, 1.807) is 6.08 Å². The molecule has 0 aliphatic carbocycles. The van der Waals surface area contributed by atoms with Crippen LogP contribution in [0.2, 0.25) is 0 Å². The summed E-state index contributed by atoms with van der Waals surface area (Å²) in [5.74, 6) is -0.177. The van der Waals surface area contributed by atoms with Crippen molar-refractivity contribution in [1.29, 1.82) is 0 Å². The van der Waals surface area contributed by atoms with Crippen molar-refractivity contribution in [2.45, 2.75) is 281 Å². The number of unbranched alkanes of at least 4 members (excludes halogenated alkanes) is 31. The van der Waals surface area contributed by atoms with Crippen molar-refractivity contribution in [3.8, 4) is 0 Å². The highest BCUT2D eigenvalue weighted by molar-refractivity contribution is 5.76. The number of aliphatic hydroxyl groups excluding tert-OH is 5. The molecule has 9 nitrogen and oxygen atoms in total. The van der Waals surface area contributed by atoms with Crippen LogP contribution < -0.4 is 5.32 Å². The summed E-state index contributed by atoms with van der Waals surface area (Å²) in [5.41, 5.74) is 0. The van der Waals surface area contributed by atoms with Crippen LogP contribution in [0, 0.1) is 0 Å². The number of hydrogen-bond donors (Lipinski definition) is 6. The van der Waals surface area contributed by atoms with E-state index in [9.17, 15) is 30.3 Å². The monoisotopic (exact) mass is 852 g/mol. The van der Waals surface area contributed by atoms with E-state index in [4.69, 9.17) is 9.47 Å². The molecule has 1 aliphatic heterocycles. The Bertz CT molecular complexity index is 992. The molecule has 1 heterocycles. The maximum atomic E-state index is 12.9. The minimum Gasteiger partial charge on any atom is -0.394 e. The van der Waals surface area contributed by atoms with E-state index in [2.05, 4.69) is 31.3 Å². The average Bonchev–Trinajstić information content (AvgIpc) is 3.25. The third-order valence-corrected chi connectivity index (χ3v) is 12.3. The van der Waals surface area contributed by atoms with Gasteiger partial charge in [-0.1, -0.05) is 212 Å². The zero-order chi connectivity index (χ0) is 43.7. The minimum atomic E-state index is -1.56. The van der Waals surface area contributed by atoms with Crippen LogP contribution in [0.1, 0.15) is 239 Å². The smallest absolute Gasteiger partial charge is 0.220 e. The number of hydrogen-bond acceptors (Lipinski definition) is 8. The Kier molecular flexibility index (Phi) is 39.4. The molecular formula is C51H97NO8. The SMILES string of the molecule is CCCCCCCC/C=C/C(O)C(COC1OC(CO)C(O)C(O)C1O)NC(=O)CCCCCCCCCCCCCCCCCCC/C=C\CCCCCCCCCC. The first kappa shape index (κ1) is 56.7. The average molecular weight is 852 g/mol. The highest BCUT2D eigenvalue weighted by Gasteiger charge is 2.44. The first-order valence-corrected chi connectivity index (χ1v) is 25.6. The first-order chi connectivity index (χ1) is 29.3. The topological polar surface area (TPSA) is 149 Å². The molecule has 0 radical (unpaired) electrons. The van der Waals surface area contributed by atoms with Crippen molar-refractivity contribution in [2.24, 2.45) is 0 Å². The van der Waals surface area contributed by atoms with Gasteiger partial charge in [0.05, 0.1) is 25.4 Å². The number of ether oxygens (including phenoxy) is 2. The zero-order valence-corrected chi connectivity index (χ0v) is 39.0. The normalized spacial score (nSPS) is 20.7. The predicted octanol–water partition coefficient (Wildman–Crippen LogP) is 11.5. The fraction of sp³-hybridized carbons (Fsp3) is 0.902. The van der Waals surface area contributed by atoms with E-state index in [1.807, 2.05) is 6.08 Å². The van der Waals surface area contributed by atoms with E-state index >= 15 is 0 Å². The Labute approximate surface area is 369 Å². The molecule has 1 fully saturated rings. The molecule has 1 rings (SSSR count). The lowest BCUT2D eigenvalue weighted by Gasteiger charge is -2.40. The third kappa shape index (κ3) is 31.5. The summed E-state index contributed by atoms with van der Waals surface area (Å²) in [6, 6.07) is -0.799. The Morgan fingerprint density at radius 2 is 0.933 bits per heavy atom. The Balaban J connectivity index is 2.10. The molecule has 7 unspecified atom stereocenters. The summed E-state index contributed by atoms with van der Waals surface area (Å²) in [5, 5.41) is 54.0. The summed E-state index contributed by atoms with van der Waals surface area (Å²) < 4.78 is 11.2. The van der Waals surface area contributed by atoms with E-state index in [-0.39, 0.29) is 12.5 Å². The van der Waals surface area contributed by atoms with Gasteiger partial charge in [-0.05, 0) is 44.9 Å². The van der Waals surface area contributed by atoms with Crippen LogP contribution in [0.15, 0.2) is 24.3 Å². The standard InChI is InChI=1S/C51H97NO8/c1-3-5-7-9-11-13-14-15-16-17-18-19-20-21-22-23-24-25-26-27-28-29-30-31-32-33-35-37-39-41-47(55)52-44(45(54)40-38-36-34-12-10-8-6-4-2)43-59-51-50(58)49(57)48(56)46(42-53)60-51/h17-18,38,40,44-46,48-51,53-54,56-58H,3-16,19-37,39,41-43H2,1-2H3,(H,52,55)/b18-17-,40-38+. The number of amides is 1. The van der Waals surface area contributed by atoms with E-state index in [0.717, 1.165) is 38.5 Å². The lowest BCUT2D eigenvalue weighted by molar-refractivity contribution is -0.302. The Morgan fingerprint density at radius 1 is 0.550 bits per heavy atom. The van der Waals surface area contributed by atoms with E-state index in [0.29, 0.717) is 6.42 Å². The van der Waals surface area contributed by atoms with Gasteiger partial charge < -0.3 is 40.3 Å². The molecule has 9 heteroatoms. The predicted molar refractivity (Wildman–Crippen MR) is 249 cm³/mol. The maximum Gasteiger partial charge on any atom is 0.220 e. The van der Waals surface area contributed by atoms with Crippen LogP contribution in [0.3, 0.4) is 0 Å². The van der Waals surface area contributed by atoms with Gasteiger partial charge in [-0.3, -0.25) is 4.79 Å². The van der Waals surface area contributed by atoms with Crippen molar-refractivity contribution in [3.05, 3.63) is 24.3 Å². The largest absolute Gasteiger partial charge is 0.394 e. The molecule has 0 aromatic carbocycles. The van der Waals surface area contributed by atoms with Crippen LogP contribution in [-0.2, 0) is 14.3 Å². The van der Waals surface area contributed by atoms with Crippen molar-refractivity contribution in [1.82, 2.24) is 5.32 Å². The quantitative estimate of drug-likeness (QED) is 0.0262. The summed E-state index contributed by atoms with van der Waals surface area (Å²) in [6.07, 6.45) is 44.1. The second kappa shape index (κ2) is 41.7. The molecule has 1 aliphatic rings. The Hall–Kier alpha value is -1.33. The van der Waals surface area contributed by atoms with Gasteiger partial charge in [-0.25, -0.2) is 0 Å². The number of carbonyl (C=O) groups excluding carboxylic acids is 1. The molecule has 0 aromatic heterocycles. The van der Waals surface area contributed by atoms with Gasteiger partial charge >= 0.3 is 0 Å². The molecule has 0 spiro atoms. The summed E-state index contributed by atoms with van der Waals surface area (Å²) in [6.45, 7) is 3.74. The maximum absolute atomic E-state index is 12.9. The van der Waals surface area contributed by atoms with Crippen LogP contribution in [-0.4, -0.2) is 87.5 Å². The van der Waals surface area contributed by atoms with Crippen molar-refractivity contribution >= 4 is 5.91 Å². The van der Waals surface area contributed by atoms with Gasteiger partial charge in [-0.15, -0.1) is 0 Å². The lowest BCUT2D eigenvalue weighted by Crippen LogP contribution is -2.60. The molecule has 354 valence electrons. The fourth-order valence-electron chi connectivity index (χ4n) is 8.15. The molecule has 60 heavy (non-hydrogen) atoms. The summed E-state index contributed by atoms with van der Waals surface area (Å²) in [4.78, 5) is 12.9. The van der Waals surface area contributed by atoms with Gasteiger partial charge in [0.15, 0.2) is 6.29 Å². The van der Waals surface area contributed by atoms with E-state index in [1.165, 1.54) is 180 Å². The highest BCUT2D eigenvalue weighted by atomic mass is 16.7. The second-order valence-electron chi connectivity index (χ2n) is 18.0. The molecule has 0 aromatic rings. The van der Waals surface area contributed by atoms with E-state index < -0.39 is 49.5 Å². The number of rotatable bonds is 43. The van der Waals surface area contributed by atoms with Crippen molar-refractivity contribution < 1.29 is 39.8 Å². The van der Waals surface area contributed by atoms with Crippen LogP contribution in [0.25, 0.3) is 0 Å². The van der Waals surface area contributed by atoms with Gasteiger partial charge in [0.25, 0.3) is 0 Å². The summed E-state index contributed by atoms with van der Waals surface area (Å²) >= 11 is 0.